The Kier molecular flexibility index (Phi) is 10.6. The quantitative estimate of drug-likeness (QED) is 0.160. The number of hydrogen-bond donors (Lipinski definition) is 1. The van der Waals surface area contributed by atoms with E-state index in [-0.39, 0.29) is 0 Å². The molecular weight excluding hydrogens is 394 g/mol. The standard InChI is InChI=1S/C28H37N3O/c1-2-3-4-5-6-7-8-9-10-25-11-15-27(16-12-25)30-23-26-13-17-28(18-14-26)32-22-21-31-20-19-29-24-31/h11-20,23-24H,2-10,21-22H2,1H3/p+1. The van der Waals surface area contributed by atoms with Crippen molar-refractivity contribution >= 4 is 11.9 Å². The number of imidazole rings is 1. The second-order valence-electron chi connectivity index (χ2n) is 8.42. The minimum absolute atomic E-state index is 0.640. The molecule has 0 amide bonds. The molecule has 0 aliphatic rings. The molecule has 0 atom stereocenters. The van der Waals surface area contributed by atoms with Gasteiger partial charge in [-0.05, 0) is 60.4 Å². The van der Waals surface area contributed by atoms with Gasteiger partial charge >= 0.3 is 0 Å². The fourth-order valence-corrected chi connectivity index (χ4v) is 3.74. The number of nitrogens with one attached hydrogen (secondary N) is 1. The first-order valence-corrected chi connectivity index (χ1v) is 12.2. The fraction of sp³-hybridized carbons (Fsp3) is 0.429. The largest absolute Gasteiger partial charge is 0.489 e. The topological polar surface area (TPSA) is 41.3 Å². The second-order valence-corrected chi connectivity index (χ2v) is 8.42. The van der Waals surface area contributed by atoms with Gasteiger partial charge in [0.05, 0.1) is 5.69 Å². The van der Waals surface area contributed by atoms with Crippen LogP contribution in [0.25, 0.3) is 0 Å². The zero-order valence-corrected chi connectivity index (χ0v) is 19.5. The summed E-state index contributed by atoms with van der Waals surface area (Å²) >= 11 is 0. The molecule has 0 bridgehead atoms. The van der Waals surface area contributed by atoms with Gasteiger partial charge in [-0.25, -0.2) is 4.57 Å². The number of rotatable bonds is 15. The number of hydrogen-bond acceptors (Lipinski definition) is 2. The summed E-state index contributed by atoms with van der Waals surface area (Å²) in [6.07, 6.45) is 19.8. The highest BCUT2D eigenvalue weighted by molar-refractivity contribution is 5.82. The Bertz CT molecular complexity index is 883. The van der Waals surface area contributed by atoms with Crippen LogP contribution >= 0.6 is 0 Å². The van der Waals surface area contributed by atoms with Crippen LogP contribution in [0, 0.1) is 0 Å². The summed E-state index contributed by atoms with van der Waals surface area (Å²) in [5.41, 5.74) is 3.48. The van der Waals surface area contributed by atoms with E-state index >= 15 is 0 Å². The molecule has 170 valence electrons. The molecule has 0 saturated heterocycles. The van der Waals surface area contributed by atoms with Gasteiger partial charge in [-0.2, -0.15) is 0 Å². The maximum Gasteiger partial charge on any atom is 0.241 e. The second kappa shape index (κ2) is 14.2. The molecule has 3 rings (SSSR count). The predicted molar refractivity (Wildman–Crippen MR) is 133 cm³/mol. The molecule has 4 nitrogen and oxygen atoms in total. The van der Waals surface area contributed by atoms with Crippen molar-refractivity contribution in [2.24, 2.45) is 4.99 Å². The zero-order valence-electron chi connectivity index (χ0n) is 19.5. The molecule has 0 fully saturated rings. The van der Waals surface area contributed by atoms with Gasteiger partial charge in [0.2, 0.25) is 6.33 Å². The van der Waals surface area contributed by atoms with Gasteiger partial charge < -0.3 is 4.74 Å². The van der Waals surface area contributed by atoms with Gasteiger partial charge in [-0.1, -0.05) is 64.0 Å². The third kappa shape index (κ3) is 9.09. The van der Waals surface area contributed by atoms with E-state index in [9.17, 15) is 0 Å². The van der Waals surface area contributed by atoms with Crippen LogP contribution in [0.15, 0.2) is 72.2 Å². The highest BCUT2D eigenvalue weighted by Crippen LogP contribution is 2.17. The van der Waals surface area contributed by atoms with Crippen LogP contribution in [0.4, 0.5) is 5.69 Å². The lowest BCUT2D eigenvalue weighted by Gasteiger charge is -2.05. The van der Waals surface area contributed by atoms with Crippen LogP contribution in [0.2, 0.25) is 0 Å². The first-order valence-electron chi connectivity index (χ1n) is 12.2. The Hall–Kier alpha value is -2.88. The number of aryl methyl sites for hydroxylation is 1. The molecule has 4 heteroatoms. The summed E-state index contributed by atoms with van der Waals surface area (Å²) in [4.78, 5) is 7.65. The number of unbranched alkanes of at least 4 members (excludes halogenated alkanes) is 7. The van der Waals surface area contributed by atoms with Gasteiger partial charge in [0.25, 0.3) is 0 Å². The molecule has 2 aromatic carbocycles. The van der Waals surface area contributed by atoms with E-state index in [0.717, 1.165) is 23.5 Å². The zero-order chi connectivity index (χ0) is 22.3. The first-order chi connectivity index (χ1) is 15.8. The molecule has 0 aliphatic heterocycles. The van der Waals surface area contributed by atoms with Gasteiger partial charge in [0, 0.05) is 6.21 Å². The monoisotopic (exact) mass is 432 g/mol. The van der Waals surface area contributed by atoms with Crippen molar-refractivity contribution in [1.29, 1.82) is 0 Å². The van der Waals surface area contributed by atoms with E-state index in [0.29, 0.717) is 6.61 Å². The predicted octanol–water partition coefficient (Wildman–Crippen LogP) is 6.82. The Morgan fingerprint density at radius 1 is 0.875 bits per heavy atom. The summed E-state index contributed by atoms with van der Waals surface area (Å²) in [6.45, 7) is 3.74. The van der Waals surface area contributed by atoms with Crippen LogP contribution in [-0.2, 0) is 13.0 Å². The molecule has 1 aromatic heterocycles. The van der Waals surface area contributed by atoms with Crippen LogP contribution < -0.4 is 9.30 Å². The molecule has 1 heterocycles. The van der Waals surface area contributed by atoms with E-state index in [2.05, 4.69) is 45.7 Å². The normalized spacial score (nSPS) is 11.3. The Morgan fingerprint density at radius 2 is 1.59 bits per heavy atom. The molecule has 1 N–H and O–H groups in total. The number of aliphatic imine (C=N–C) groups is 1. The van der Waals surface area contributed by atoms with E-state index in [1.165, 1.54) is 63.4 Å². The van der Waals surface area contributed by atoms with Crippen molar-refractivity contribution in [3.63, 3.8) is 0 Å². The number of aromatic amines is 1. The van der Waals surface area contributed by atoms with E-state index in [4.69, 9.17) is 4.74 Å². The van der Waals surface area contributed by atoms with Gasteiger partial charge in [-0.15, -0.1) is 0 Å². The molecule has 0 radical (unpaired) electrons. The first kappa shape index (κ1) is 23.8. The molecular formula is C28H38N3O+. The molecule has 32 heavy (non-hydrogen) atoms. The number of ether oxygens (including phenoxy) is 1. The van der Waals surface area contributed by atoms with Gasteiger partial charge in [-0.3, -0.25) is 9.98 Å². The summed E-state index contributed by atoms with van der Waals surface area (Å²) in [5, 5.41) is 0. The van der Waals surface area contributed by atoms with E-state index in [1.54, 1.807) is 0 Å². The highest BCUT2D eigenvalue weighted by Gasteiger charge is 1.99. The van der Waals surface area contributed by atoms with Crippen molar-refractivity contribution < 1.29 is 9.30 Å². The summed E-state index contributed by atoms with van der Waals surface area (Å²) in [6, 6.07) is 16.7. The Labute approximate surface area is 193 Å². The molecule has 0 saturated carbocycles. The van der Waals surface area contributed by atoms with Crippen LogP contribution in [-0.4, -0.2) is 17.8 Å². The smallest absolute Gasteiger partial charge is 0.241 e. The Morgan fingerprint density at radius 3 is 2.28 bits per heavy atom. The minimum atomic E-state index is 0.640. The number of H-pyrrole nitrogens is 1. The van der Waals surface area contributed by atoms with Crippen molar-refractivity contribution in [3.8, 4) is 5.75 Å². The Balaban J connectivity index is 1.34. The summed E-state index contributed by atoms with van der Waals surface area (Å²) in [5.74, 6) is 0.878. The number of nitrogens with zero attached hydrogens (tertiary/aromatic N) is 2. The van der Waals surface area contributed by atoms with Gasteiger partial charge in [0.1, 0.15) is 31.3 Å². The van der Waals surface area contributed by atoms with E-state index in [1.807, 2.05) is 49.2 Å². The van der Waals surface area contributed by atoms with Crippen LogP contribution in [0.3, 0.4) is 0 Å². The third-order valence-corrected chi connectivity index (χ3v) is 5.72. The summed E-state index contributed by atoms with van der Waals surface area (Å²) < 4.78 is 7.86. The lowest BCUT2D eigenvalue weighted by Crippen LogP contribution is -2.33. The SMILES string of the molecule is CCCCCCCCCCc1ccc(N=Cc2ccc(OCC[n+]3cc[nH]c3)cc2)cc1. The van der Waals surface area contributed by atoms with Crippen molar-refractivity contribution in [1.82, 2.24) is 4.98 Å². The lowest BCUT2D eigenvalue weighted by atomic mass is 10.0. The molecule has 0 spiro atoms. The average molecular weight is 433 g/mol. The van der Waals surface area contributed by atoms with Crippen LogP contribution in [0.1, 0.15) is 69.4 Å². The molecule has 3 aromatic rings. The highest BCUT2D eigenvalue weighted by atomic mass is 16.5. The van der Waals surface area contributed by atoms with Gasteiger partial charge in [0.15, 0.2) is 0 Å². The maximum absolute atomic E-state index is 5.80. The number of benzene rings is 2. The third-order valence-electron chi connectivity index (χ3n) is 5.72. The van der Waals surface area contributed by atoms with Crippen molar-refractivity contribution in [3.05, 3.63) is 78.4 Å². The maximum atomic E-state index is 5.80. The van der Waals surface area contributed by atoms with E-state index < -0.39 is 0 Å². The van der Waals surface area contributed by atoms with Crippen molar-refractivity contribution in [2.75, 3.05) is 6.61 Å². The average Bonchev–Trinajstić information content (AvgIpc) is 3.35. The minimum Gasteiger partial charge on any atom is -0.489 e. The summed E-state index contributed by atoms with van der Waals surface area (Å²) in [7, 11) is 0. The molecule has 0 unspecified atom stereocenters. The number of aromatic nitrogens is 2. The van der Waals surface area contributed by atoms with Crippen LogP contribution in [0.5, 0.6) is 5.75 Å². The molecule has 0 aliphatic carbocycles. The lowest BCUT2D eigenvalue weighted by molar-refractivity contribution is -0.696. The fourth-order valence-electron chi connectivity index (χ4n) is 3.74. The van der Waals surface area contributed by atoms with Crippen molar-refractivity contribution in [2.45, 2.75) is 71.3 Å².